The molecule has 1 unspecified atom stereocenters. The van der Waals surface area contributed by atoms with E-state index < -0.39 is 0 Å². The van der Waals surface area contributed by atoms with E-state index in [-0.39, 0.29) is 0 Å². The van der Waals surface area contributed by atoms with Gasteiger partial charge in [-0.2, -0.15) is 0 Å². The average molecular weight is 280 g/mol. The summed E-state index contributed by atoms with van der Waals surface area (Å²) < 4.78 is 0. The van der Waals surface area contributed by atoms with Gasteiger partial charge in [0.2, 0.25) is 0 Å². The minimum atomic E-state index is 0.788. The van der Waals surface area contributed by atoms with E-state index in [9.17, 15) is 0 Å². The smallest absolute Gasteiger partial charge is 0.00953 e. The third-order valence-electron chi connectivity index (χ3n) is 5.12. The standard InChI is InChI=1S/C19H37N/c1-4-7-8-9-10-11-19(20-16-5-2)18-14-12-17(6-3)13-15-18/h4,17-20H,1,5-16H2,2-3H3. The Labute approximate surface area is 127 Å². The summed E-state index contributed by atoms with van der Waals surface area (Å²) in [5, 5.41) is 3.84. The van der Waals surface area contributed by atoms with Crippen molar-refractivity contribution in [2.24, 2.45) is 11.8 Å². The van der Waals surface area contributed by atoms with Crippen molar-refractivity contribution in [3.63, 3.8) is 0 Å². The molecule has 0 aliphatic heterocycles. The van der Waals surface area contributed by atoms with Crippen LogP contribution in [0.15, 0.2) is 12.7 Å². The van der Waals surface area contributed by atoms with E-state index in [1.165, 1.54) is 77.2 Å². The predicted octanol–water partition coefficient (Wildman–Crippen LogP) is 5.71. The van der Waals surface area contributed by atoms with Gasteiger partial charge in [0.15, 0.2) is 0 Å². The highest BCUT2D eigenvalue weighted by molar-refractivity contribution is 4.82. The second-order valence-corrected chi connectivity index (χ2v) is 6.68. The van der Waals surface area contributed by atoms with Crippen LogP contribution in [0.1, 0.15) is 84.5 Å². The third-order valence-corrected chi connectivity index (χ3v) is 5.12. The van der Waals surface area contributed by atoms with Crippen LogP contribution in [0.3, 0.4) is 0 Å². The van der Waals surface area contributed by atoms with Gasteiger partial charge in [-0.25, -0.2) is 0 Å². The van der Waals surface area contributed by atoms with Crippen molar-refractivity contribution in [2.45, 2.75) is 90.5 Å². The fourth-order valence-electron chi connectivity index (χ4n) is 3.66. The molecule has 1 aliphatic rings. The van der Waals surface area contributed by atoms with Gasteiger partial charge in [0.1, 0.15) is 0 Å². The summed E-state index contributed by atoms with van der Waals surface area (Å²) in [6, 6.07) is 0.788. The van der Waals surface area contributed by atoms with Crippen LogP contribution in [0.25, 0.3) is 0 Å². The Morgan fingerprint density at radius 3 is 2.45 bits per heavy atom. The molecule has 1 saturated carbocycles. The molecule has 0 saturated heterocycles. The van der Waals surface area contributed by atoms with E-state index in [2.05, 4.69) is 31.8 Å². The van der Waals surface area contributed by atoms with Crippen molar-refractivity contribution < 1.29 is 0 Å². The van der Waals surface area contributed by atoms with E-state index in [0.29, 0.717) is 0 Å². The molecule has 1 atom stereocenters. The van der Waals surface area contributed by atoms with Crippen LogP contribution in [0.4, 0.5) is 0 Å². The van der Waals surface area contributed by atoms with Gasteiger partial charge in [-0.05, 0) is 56.9 Å². The summed E-state index contributed by atoms with van der Waals surface area (Å²) in [6.45, 7) is 9.65. The van der Waals surface area contributed by atoms with Crippen molar-refractivity contribution in [3.05, 3.63) is 12.7 Å². The van der Waals surface area contributed by atoms with Crippen LogP contribution in [-0.4, -0.2) is 12.6 Å². The molecule has 0 bridgehead atoms. The molecule has 0 radical (unpaired) electrons. The molecule has 1 nitrogen and oxygen atoms in total. The first-order valence-corrected chi connectivity index (χ1v) is 9.16. The van der Waals surface area contributed by atoms with Gasteiger partial charge >= 0.3 is 0 Å². The molecule has 0 spiro atoms. The minimum absolute atomic E-state index is 0.788. The van der Waals surface area contributed by atoms with E-state index >= 15 is 0 Å². The Kier molecular flexibility index (Phi) is 10.1. The molecule has 1 fully saturated rings. The quantitative estimate of drug-likeness (QED) is 0.377. The molecule has 0 aromatic rings. The van der Waals surface area contributed by atoms with Gasteiger partial charge in [-0.3, -0.25) is 0 Å². The molecule has 1 aliphatic carbocycles. The maximum Gasteiger partial charge on any atom is 0.00953 e. The Hall–Kier alpha value is -0.300. The Bertz CT molecular complexity index is 228. The van der Waals surface area contributed by atoms with Crippen molar-refractivity contribution in [3.8, 4) is 0 Å². The van der Waals surface area contributed by atoms with Crippen LogP contribution in [0.5, 0.6) is 0 Å². The van der Waals surface area contributed by atoms with Crippen molar-refractivity contribution in [2.75, 3.05) is 6.54 Å². The highest BCUT2D eigenvalue weighted by Gasteiger charge is 2.26. The van der Waals surface area contributed by atoms with Crippen LogP contribution < -0.4 is 5.32 Å². The monoisotopic (exact) mass is 279 g/mol. The van der Waals surface area contributed by atoms with Crippen LogP contribution in [0, 0.1) is 11.8 Å². The second kappa shape index (κ2) is 11.4. The first kappa shape index (κ1) is 17.8. The van der Waals surface area contributed by atoms with Gasteiger partial charge in [0, 0.05) is 6.04 Å². The van der Waals surface area contributed by atoms with Crippen LogP contribution >= 0.6 is 0 Å². The number of unbranched alkanes of at least 4 members (excludes halogenated alkanes) is 3. The van der Waals surface area contributed by atoms with Crippen molar-refractivity contribution >= 4 is 0 Å². The third kappa shape index (κ3) is 6.92. The minimum Gasteiger partial charge on any atom is -0.314 e. The van der Waals surface area contributed by atoms with Crippen molar-refractivity contribution in [1.29, 1.82) is 0 Å². The molecule has 0 amide bonds. The molecule has 118 valence electrons. The highest BCUT2D eigenvalue weighted by Crippen LogP contribution is 2.33. The summed E-state index contributed by atoms with van der Waals surface area (Å²) in [6.07, 6.45) is 17.3. The van der Waals surface area contributed by atoms with Gasteiger partial charge in [-0.1, -0.05) is 52.0 Å². The topological polar surface area (TPSA) is 12.0 Å². The lowest BCUT2D eigenvalue weighted by Gasteiger charge is -2.34. The SMILES string of the molecule is C=CCCCCCC(NCCC)C1CCC(CC)CC1. The lowest BCUT2D eigenvalue weighted by molar-refractivity contribution is 0.208. The lowest BCUT2D eigenvalue weighted by atomic mass is 9.76. The van der Waals surface area contributed by atoms with Crippen LogP contribution in [0.2, 0.25) is 0 Å². The highest BCUT2D eigenvalue weighted by atomic mass is 14.9. The molecule has 0 aromatic heterocycles. The Morgan fingerprint density at radius 1 is 1.10 bits per heavy atom. The second-order valence-electron chi connectivity index (χ2n) is 6.68. The summed E-state index contributed by atoms with van der Waals surface area (Å²) in [5.41, 5.74) is 0. The van der Waals surface area contributed by atoms with Gasteiger partial charge in [0.05, 0.1) is 0 Å². The summed E-state index contributed by atoms with van der Waals surface area (Å²) >= 11 is 0. The maximum atomic E-state index is 3.84. The number of nitrogens with one attached hydrogen (secondary N) is 1. The van der Waals surface area contributed by atoms with Gasteiger partial charge < -0.3 is 5.32 Å². The molecule has 1 rings (SSSR count). The number of hydrogen-bond acceptors (Lipinski definition) is 1. The lowest BCUT2D eigenvalue weighted by Crippen LogP contribution is -2.38. The first-order valence-electron chi connectivity index (χ1n) is 9.16. The molecule has 0 aromatic carbocycles. The summed E-state index contributed by atoms with van der Waals surface area (Å²) in [4.78, 5) is 0. The fraction of sp³-hybridized carbons (Fsp3) is 0.895. The van der Waals surface area contributed by atoms with E-state index in [0.717, 1.165) is 17.9 Å². The largest absolute Gasteiger partial charge is 0.314 e. The zero-order valence-corrected chi connectivity index (χ0v) is 14.0. The normalized spacial score (nSPS) is 24.5. The molecule has 0 heterocycles. The summed E-state index contributed by atoms with van der Waals surface area (Å²) in [7, 11) is 0. The first-order chi connectivity index (χ1) is 9.81. The Morgan fingerprint density at radius 2 is 1.85 bits per heavy atom. The van der Waals surface area contributed by atoms with E-state index in [4.69, 9.17) is 0 Å². The van der Waals surface area contributed by atoms with E-state index in [1.54, 1.807) is 0 Å². The average Bonchev–Trinajstić information content (AvgIpc) is 2.50. The zero-order valence-electron chi connectivity index (χ0n) is 14.0. The van der Waals surface area contributed by atoms with Crippen molar-refractivity contribution in [1.82, 2.24) is 5.32 Å². The molecule has 1 heteroatoms. The molecule has 1 N–H and O–H groups in total. The fourth-order valence-corrected chi connectivity index (χ4v) is 3.66. The number of hydrogen-bond donors (Lipinski definition) is 1. The van der Waals surface area contributed by atoms with Gasteiger partial charge in [-0.15, -0.1) is 6.58 Å². The van der Waals surface area contributed by atoms with Crippen LogP contribution in [-0.2, 0) is 0 Å². The number of allylic oxidation sites excluding steroid dienone is 1. The van der Waals surface area contributed by atoms with Gasteiger partial charge in [0.25, 0.3) is 0 Å². The number of rotatable bonds is 11. The predicted molar refractivity (Wildman–Crippen MR) is 91.1 cm³/mol. The Balaban J connectivity index is 2.29. The van der Waals surface area contributed by atoms with E-state index in [1.807, 2.05) is 0 Å². The summed E-state index contributed by atoms with van der Waals surface area (Å²) in [5.74, 6) is 1.97. The molecular formula is C19H37N. The molecule has 20 heavy (non-hydrogen) atoms. The zero-order chi connectivity index (χ0) is 14.6. The maximum absolute atomic E-state index is 3.84. The molecular weight excluding hydrogens is 242 g/mol.